The number of piperazine rings is 1. The number of carbonyl (C=O) groups excluding carboxylic acids is 1. The maximum atomic E-state index is 12.6. The highest BCUT2D eigenvalue weighted by Crippen LogP contribution is 2.20. The molecule has 1 aliphatic rings. The average Bonchev–Trinajstić information content (AvgIpc) is 2.47. The van der Waals surface area contributed by atoms with Gasteiger partial charge in [-0.2, -0.15) is 0 Å². The smallest absolute Gasteiger partial charge is 0.255 e. The van der Waals surface area contributed by atoms with Gasteiger partial charge in [0.2, 0.25) is 0 Å². The van der Waals surface area contributed by atoms with Crippen molar-refractivity contribution < 1.29 is 4.79 Å². The van der Waals surface area contributed by atoms with E-state index in [0.29, 0.717) is 0 Å². The number of amides is 1. The fourth-order valence-electron chi connectivity index (χ4n) is 2.49. The minimum absolute atomic E-state index is 0.137. The van der Waals surface area contributed by atoms with Gasteiger partial charge >= 0.3 is 0 Å². The van der Waals surface area contributed by atoms with Gasteiger partial charge in [-0.1, -0.05) is 11.6 Å². The van der Waals surface area contributed by atoms with Crippen LogP contribution < -0.4 is 0 Å². The highest BCUT2D eigenvalue weighted by Gasteiger charge is 2.23. The summed E-state index contributed by atoms with van der Waals surface area (Å²) in [7, 11) is 4.18. The predicted molar refractivity (Wildman–Crippen MR) is 89.8 cm³/mol. The third kappa shape index (κ3) is 4.53. The monoisotopic (exact) mass is 353 g/mol. The molecule has 5 heteroatoms. The number of aryl methyl sites for hydroxylation is 1. The first-order valence-corrected chi connectivity index (χ1v) is 8.19. The van der Waals surface area contributed by atoms with Gasteiger partial charge in [0.1, 0.15) is 0 Å². The average molecular weight is 354 g/mol. The van der Waals surface area contributed by atoms with Crippen molar-refractivity contribution in [3.63, 3.8) is 0 Å². The van der Waals surface area contributed by atoms with Crippen molar-refractivity contribution in [1.29, 1.82) is 0 Å². The second kappa shape index (κ2) is 7.38. The van der Waals surface area contributed by atoms with Crippen LogP contribution in [0.5, 0.6) is 0 Å². The Labute approximate surface area is 135 Å². The molecule has 21 heavy (non-hydrogen) atoms. The summed E-state index contributed by atoms with van der Waals surface area (Å²) in [5.74, 6) is 0.137. The van der Waals surface area contributed by atoms with Gasteiger partial charge in [0.15, 0.2) is 0 Å². The topological polar surface area (TPSA) is 26.8 Å². The SMILES string of the molecule is Cc1ccc(Br)c(C(=O)N2CCN(CCN(C)C)CC2)c1. The van der Waals surface area contributed by atoms with Crippen molar-refractivity contribution >= 4 is 21.8 Å². The maximum Gasteiger partial charge on any atom is 0.255 e. The van der Waals surface area contributed by atoms with E-state index in [0.717, 1.165) is 54.9 Å². The van der Waals surface area contributed by atoms with Crippen LogP contribution in [0.15, 0.2) is 22.7 Å². The van der Waals surface area contributed by atoms with E-state index >= 15 is 0 Å². The highest BCUT2D eigenvalue weighted by molar-refractivity contribution is 9.10. The molecule has 0 spiro atoms. The van der Waals surface area contributed by atoms with E-state index in [4.69, 9.17) is 0 Å². The van der Waals surface area contributed by atoms with E-state index in [-0.39, 0.29) is 5.91 Å². The Bertz CT molecular complexity index is 496. The maximum absolute atomic E-state index is 12.6. The predicted octanol–water partition coefficient (Wildman–Crippen LogP) is 2.08. The second-order valence-corrected chi connectivity index (χ2v) is 6.77. The number of likely N-dealkylation sites (N-methyl/N-ethyl adjacent to an activating group) is 1. The lowest BCUT2D eigenvalue weighted by Gasteiger charge is -2.35. The summed E-state index contributed by atoms with van der Waals surface area (Å²) in [6, 6.07) is 5.93. The first-order valence-electron chi connectivity index (χ1n) is 7.40. The van der Waals surface area contributed by atoms with Crippen molar-refractivity contribution in [1.82, 2.24) is 14.7 Å². The number of halogens is 1. The van der Waals surface area contributed by atoms with Gasteiger partial charge in [0.25, 0.3) is 5.91 Å². The Balaban J connectivity index is 1.92. The molecule has 1 amide bonds. The lowest BCUT2D eigenvalue weighted by molar-refractivity contribution is 0.0629. The molecule has 1 heterocycles. The molecule has 0 aliphatic carbocycles. The quantitative estimate of drug-likeness (QED) is 0.828. The highest BCUT2D eigenvalue weighted by atomic mass is 79.9. The minimum atomic E-state index is 0.137. The summed E-state index contributed by atoms with van der Waals surface area (Å²) in [5, 5.41) is 0. The molecule has 1 saturated heterocycles. The number of hydrogen-bond acceptors (Lipinski definition) is 3. The standard InChI is InChI=1S/C16H24BrN3O/c1-13-4-5-15(17)14(12-13)16(21)20-10-8-19(9-11-20)7-6-18(2)3/h4-5,12H,6-11H2,1-3H3. The molecule has 1 aromatic rings. The molecule has 0 N–H and O–H groups in total. The van der Waals surface area contributed by atoms with Crippen molar-refractivity contribution in [2.75, 3.05) is 53.4 Å². The summed E-state index contributed by atoms with van der Waals surface area (Å²) >= 11 is 3.49. The number of benzene rings is 1. The third-order valence-corrected chi connectivity index (χ3v) is 4.57. The summed E-state index contributed by atoms with van der Waals surface area (Å²) in [6.45, 7) is 7.70. The van der Waals surface area contributed by atoms with Crippen molar-refractivity contribution in [3.05, 3.63) is 33.8 Å². The second-order valence-electron chi connectivity index (χ2n) is 5.92. The van der Waals surface area contributed by atoms with Crippen molar-refractivity contribution in [3.8, 4) is 0 Å². The van der Waals surface area contributed by atoms with E-state index in [1.165, 1.54) is 0 Å². The van der Waals surface area contributed by atoms with Gasteiger partial charge in [-0.05, 0) is 49.1 Å². The van der Waals surface area contributed by atoms with Crippen LogP contribution in [0.2, 0.25) is 0 Å². The molecule has 0 atom stereocenters. The minimum Gasteiger partial charge on any atom is -0.336 e. The van der Waals surface area contributed by atoms with Crippen LogP contribution >= 0.6 is 15.9 Å². The van der Waals surface area contributed by atoms with Crippen molar-refractivity contribution in [2.45, 2.75) is 6.92 Å². The summed E-state index contributed by atoms with van der Waals surface area (Å²) in [5.41, 5.74) is 1.89. The largest absolute Gasteiger partial charge is 0.336 e. The first-order chi connectivity index (χ1) is 9.97. The molecule has 0 unspecified atom stereocenters. The molecular formula is C16H24BrN3O. The molecular weight excluding hydrogens is 330 g/mol. The van der Waals surface area contributed by atoms with Crippen molar-refractivity contribution in [2.24, 2.45) is 0 Å². The molecule has 2 rings (SSSR count). The van der Waals surface area contributed by atoms with E-state index in [1.54, 1.807) is 0 Å². The van der Waals surface area contributed by atoms with E-state index in [9.17, 15) is 4.79 Å². The van der Waals surface area contributed by atoms with Crippen LogP contribution in [-0.2, 0) is 0 Å². The zero-order valence-corrected chi connectivity index (χ0v) is 14.7. The number of carbonyl (C=O) groups is 1. The Hall–Kier alpha value is -0.910. The number of rotatable bonds is 4. The van der Waals surface area contributed by atoms with Gasteiger partial charge in [-0.3, -0.25) is 9.69 Å². The van der Waals surface area contributed by atoms with Crippen LogP contribution in [0.4, 0.5) is 0 Å². The molecule has 0 bridgehead atoms. The van der Waals surface area contributed by atoms with Gasteiger partial charge in [-0.15, -0.1) is 0 Å². The molecule has 0 radical (unpaired) electrons. The Morgan fingerprint density at radius 3 is 2.52 bits per heavy atom. The lowest BCUT2D eigenvalue weighted by atomic mass is 10.1. The van der Waals surface area contributed by atoms with Gasteiger partial charge in [0.05, 0.1) is 5.56 Å². The van der Waals surface area contributed by atoms with E-state index < -0.39 is 0 Å². The van der Waals surface area contributed by atoms with E-state index in [2.05, 4.69) is 39.8 Å². The summed E-state index contributed by atoms with van der Waals surface area (Å²) in [4.78, 5) is 19.2. The normalized spacial score (nSPS) is 16.5. The first kappa shape index (κ1) is 16.5. The zero-order valence-electron chi connectivity index (χ0n) is 13.1. The summed E-state index contributed by atoms with van der Waals surface area (Å²) < 4.78 is 0.883. The number of nitrogens with zero attached hydrogens (tertiary/aromatic N) is 3. The van der Waals surface area contributed by atoms with E-state index in [1.807, 2.05) is 30.0 Å². The zero-order chi connectivity index (χ0) is 15.4. The van der Waals surface area contributed by atoms with Crippen LogP contribution in [0, 0.1) is 6.92 Å². The third-order valence-electron chi connectivity index (χ3n) is 3.88. The number of hydrogen-bond donors (Lipinski definition) is 0. The van der Waals surface area contributed by atoms with Crippen LogP contribution in [0.25, 0.3) is 0 Å². The molecule has 1 aromatic carbocycles. The molecule has 0 aromatic heterocycles. The molecule has 116 valence electrons. The molecule has 4 nitrogen and oxygen atoms in total. The molecule has 0 saturated carbocycles. The van der Waals surface area contributed by atoms with Gasteiger partial charge < -0.3 is 9.80 Å². The van der Waals surface area contributed by atoms with Crippen LogP contribution in [0.3, 0.4) is 0 Å². The van der Waals surface area contributed by atoms with Crippen LogP contribution in [-0.4, -0.2) is 74.0 Å². The molecule has 1 fully saturated rings. The van der Waals surface area contributed by atoms with Gasteiger partial charge in [-0.25, -0.2) is 0 Å². The van der Waals surface area contributed by atoms with Crippen LogP contribution in [0.1, 0.15) is 15.9 Å². The fourth-order valence-corrected chi connectivity index (χ4v) is 2.91. The Kier molecular flexibility index (Phi) is 5.79. The summed E-state index contributed by atoms with van der Waals surface area (Å²) in [6.07, 6.45) is 0. The molecule has 1 aliphatic heterocycles. The fraction of sp³-hybridized carbons (Fsp3) is 0.562. The van der Waals surface area contributed by atoms with Gasteiger partial charge in [0, 0.05) is 43.7 Å². The Morgan fingerprint density at radius 1 is 1.24 bits per heavy atom. The lowest BCUT2D eigenvalue weighted by Crippen LogP contribution is -2.50. The Morgan fingerprint density at radius 2 is 1.90 bits per heavy atom.